The SMILES string of the molecule is CC(=O)OC[C@H]1O[C@@H](NC(=O)[C@H]2O[C@@H](N=[N+]=[N-])[C@H](OC(C)=O)[C@@H](OC(C)=O)[C@@H]2OC(C)=O)[C@H](OC(C)=O)[C@@H](OC(C)=O)[C@@H]1OC(C)=O. The molecule has 2 aliphatic rings. The van der Waals surface area contributed by atoms with Crippen LogP contribution < -0.4 is 5.32 Å². The number of rotatable bonds is 11. The van der Waals surface area contributed by atoms with Gasteiger partial charge >= 0.3 is 41.8 Å². The summed E-state index contributed by atoms with van der Waals surface area (Å²) in [4.78, 5) is 100. The van der Waals surface area contributed by atoms with Crippen LogP contribution in [0.4, 0.5) is 0 Å². The summed E-state index contributed by atoms with van der Waals surface area (Å²) in [5.74, 6) is -7.77. The van der Waals surface area contributed by atoms with Crippen LogP contribution >= 0.6 is 0 Å². The van der Waals surface area contributed by atoms with Crippen molar-refractivity contribution < 1.29 is 81.0 Å². The zero-order valence-corrected chi connectivity index (χ0v) is 26.3. The molecular formula is C26H34N4O17. The number of carbonyl (C=O) groups excluding carboxylic acids is 8. The van der Waals surface area contributed by atoms with Crippen molar-refractivity contribution in [2.75, 3.05) is 6.61 Å². The van der Waals surface area contributed by atoms with Crippen LogP contribution in [0.15, 0.2) is 5.11 Å². The third kappa shape index (κ3) is 11.1. The summed E-state index contributed by atoms with van der Waals surface area (Å²) in [6, 6.07) is 0. The molecule has 0 spiro atoms. The highest BCUT2D eigenvalue weighted by Gasteiger charge is 2.57. The number of carbonyl (C=O) groups is 8. The fraction of sp³-hybridized carbons (Fsp3) is 0.692. The van der Waals surface area contributed by atoms with Crippen LogP contribution in [-0.2, 0) is 81.0 Å². The van der Waals surface area contributed by atoms with E-state index in [0.29, 0.717) is 0 Å². The number of esters is 7. The zero-order valence-electron chi connectivity index (χ0n) is 26.3. The summed E-state index contributed by atoms with van der Waals surface area (Å²) < 4.78 is 47.9. The van der Waals surface area contributed by atoms with E-state index in [1.54, 1.807) is 0 Å². The number of amides is 1. The molecule has 0 unspecified atom stereocenters. The summed E-state index contributed by atoms with van der Waals surface area (Å²) in [7, 11) is 0. The van der Waals surface area contributed by atoms with Crippen molar-refractivity contribution in [3.63, 3.8) is 0 Å². The van der Waals surface area contributed by atoms with Gasteiger partial charge in [-0.25, -0.2) is 0 Å². The molecule has 2 rings (SSSR count). The third-order valence-corrected chi connectivity index (χ3v) is 6.12. The first kappa shape index (κ1) is 38.2. The maximum Gasteiger partial charge on any atom is 0.303 e. The summed E-state index contributed by atoms with van der Waals surface area (Å²) in [6.07, 6.45) is -17.3. The lowest BCUT2D eigenvalue weighted by molar-refractivity contribution is -0.261. The average molecular weight is 675 g/mol. The number of nitrogens with zero attached hydrogens (tertiary/aromatic N) is 3. The van der Waals surface area contributed by atoms with Crippen molar-refractivity contribution in [1.29, 1.82) is 0 Å². The Hall–Kier alpha value is -5.01. The van der Waals surface area contributed by atoms with Crippen molar-refractivity contribution in [2.45, 2.75) is 110 Å². The molecule has 2 saturated heterocycles. The molecule has 0 saturated carbocycles. The Kier molecular flexibility index (Phi) is 13.9. The normalized spacial score (nSPS) is 29.8. The van der Waals surface area contributed by atoms with Gasteiger partial charge in [0.25, 0.3) is 5.91 Å². The lowest BCUT2D eigenvalue weighted by Gasteiger charge is -2.46. The molecule has 0 aromatic carbocycles. The molecule has 0 aliphatic carbocycles. The van der Waals surface area contributed by atoms with Crippen LogP contribution in [0.25, 0.3) is 10.4 Å². The van der Waals surface area contributed by atoms with Gasteiger partial charge in [-0.15, -0.1) is 0 Å². The molecule has 1 N–H and O–H groups in total. The minimum Gasteiger partial charge on any atom is -0.463 e. The second kappa shape index (κ2) is 17.1. The monoisotopic (exact) mass is 674 g/mol. The van der Waals surface area contributed by atoms with E-state index in [9.17, 15) is 38.4 Å². The molecule has 21 heteroatoms. The number of ether oxygens (including phenoxy) is 9. The zero-order chi connectivity index (χ0) is 35.6. The Morgan fingerprint density at radius 2 is 1.02 bits per heavy atom. The van der Waals surface area contributed by atoms with Gasteiger partial charge < -0.3 is 47.9 Å². The van der Waals surface area contributed by atoms with Gasteiger partial charge in [-0.3, -0.25) is 38.4 Å². The molecule has 1 amide bonds. The second-order valence-corrected chi connectivity index (χ2v) is 10.0. The highest BCUT2D eigenvalue weighted by atomic mass is 16.7. The van der Waals surface area contributed by atoms with Gasteiger partial charge in [0.05, 0.1) is 0 Å². The van der Waals surface area contributed by atoms with Crippen molar-refractivity contribution in [1.82, 2.24) is 5.32 Å². The van der Waals surface area contributed by atoms with Gasteiger partial charge in [-0.2, -0.15) is 0 Å². The van der Waals surface area contributed by atoms with Crippen LogP contribution in [0.1, 0.15) is 48.5 Å². The van der Waals surface area contributed by atoms with Gasteiger partial charge in [-0.05, 0) is 5.53 Å². The number of hydrogen-bond donors (Lipinski definition) is 1. The highest BCUT2D eigenvalue weighted by molar-refractivity contribution is 5.83. The Bertz CT molecular complexity index is 1300. The Morgan fingerprint density at radius 1 is 0.596 bits per heavy atom. The second-order valence-electron chi connectivity index (χ2n) is 10.0. The standard InChI is InChI=1S/C26H34N4O17/c1-9(31)39-8-16-17(40-10(2)32)18(41-11(3)33)22(44-14(6)36)25(46-16)28-24(38)21-19(42-12(4)34)20(43-13(5)35)23(45-15(7)37)26(47-21)29-30-27/h16-23,25-26H,8H2,1-7H3,(H,28,38)/t16-,17-,18+,19+,20+,21+,22-,23-,25-,26-/m1/s1. The van der Waals surface area contributed by atoms with Gasteiger partial charge in [0.1, 0.15) is 12.7 Å². The molecule has 0 aromatic rings. The highest BCUT2D eigenvalue weighted by Crippen LogP contribution is 2.32. The van der Waals surface area contributed by atoms with Crippen LogP contribution in [0, 0.1) is 0 Å². The van der Waals surface area contributed by atoms with Crippen LogP contribution in [-0.4, -0.2) is 116 Å². The largest absolute Gasteiger partial charge is 0.463 e. The van der Waals surface area contributed by atoms with E-state index in [-0.39, 0.29) is 0 Å². The Balaban J connectivity index is 2.64. The smallest absolute Gasteiger partial charge is 0.303 e. The van der Waals surface area contributed by atoms with Crippen LogP contribution in [0.5, 0.6) is 0 Å². The van der Waals surface area contributed by atoms with E-state index in [0.717, 1.165) is 48.5 Å². The van der Waals surface area contributed by atoms with Gasteiger partial charge in [-0.1, -0.05) is 5.11 Å². The number of hydrogen-bond acceptors (Lipinski definition) is 18. The van der Waals surface area contributed by atoms with E-state index >= 15 is 0 Å². The lowest BCUT2D eigenvalue weighted by Crippen LogP contribution is -2.69. The van der Waals surface area contributed by atoms with Crippen molar-refractivity contribution in [2.24, 2.45) is 5.11 Å². The topological polar surface area (TPSA) is 280 Å². The number of nitrogens with one attached hydrogen (secondary N) is 1. The summed E-state index contributed by atoms with van der Waals surface area (Å²) >= 11 is 0. The fourth-order valence-corrected chi connectivity index (χ4v) is 4.71. The van der Waals surface area contributed by atoms with E-state index < -0.39 is 116 Å². The molecule has 10 atom stereocenters. The van der Waals surface area contributed by atoms with Gasteiger partial charge in [0.15, 0.2) is 55.2 Å². The van der Waals surface area contributed by atoms with E-state index in [4.69, 9.17) is 48.2 Å². The first-order valence-electron chi connectivity index (χ1n) is 13.8. The predicted octanol–water partition coefficient (Wildman–Crippen LogP) is -0.984. The number of azide groups is 1. The molecular weight excluding hydrogens is 640 g/mol. The van der Waals surface area contributed by atoms with Gasteiger partial charge in [0.2, 0.25) is 0 Å². The van der Waals surface area contributed by atoms with E-state index in [1.165, 1.54) is 0 Å². The molecule has 0 aromatic heterocycles. The molecule has 2 aliphatic heterocycles. The Morgan fingerprint density at radius 3 is 1.49 bits per heavy atom. The summed E-state index contributed by atoms with van der Waals surface area (Å²) in [6.45, 7) is 6.30. The van der Waals surface area contributed by atoms with Crippen LogP contribution in [0.2, 0.25) is 0 Å². The van der Waals surface area contributed by atoms with Crippen molar-refractivity contribution in [3.8, 4) is 0 Å². The predicted molar refractivity (Wildman–Crippen MR) is 145 cm³/mol. The third-order valence-electron chi connectivity index (χ3n) is 6.12. The summed E-state index contributed by atoms with van der Waals surface area (Å²) in [5.41, 5.74) is 9.12. The molecule has 21 nitrogen and oxygen atoms in total. The first-order chi connectivity index (χ1) is 21.9. The molecule has 2 heterocycles. The molecule has 0 radical (unpaired) electrons. The van der Waals surface area contributed by atoms with E-state index in [1.807, 2.05) is 0 Å². The molecule has 0 bridgehead atoms. The van der Waals surface area contributed by atoms with Crippen molar-refractivity contribution in [3.05, 3.63) is 10.4 Å². The average Bonchev–Trinajstić information content (AvgIpc) is 2.92. The minimum absolute atomic E-state index is 0.613. The van der Waals surface area contributed by atoms with Crippen LogP contribution in [0.3, 0.4) is 0 Å². The van der Waals surface area contributed by atoms with Crippen molar-refractivity contribution >= 4 is 47.7 Å². The minimum atomic E-state index is -2.00. The summed E-state index contributed by atoms with van der Waals surface area (Å²) in [5, 5.41) is 5.70. The molecule has 47 heavy (non-hydrogen) atoms. The molecule has 2 fully saturated rings. The fourth-order valence-electron chi connectivity index (χ4n) is 4.71. The first-order valence-corrected chi connectivity index (χ1v) is 13.8. The maximum absolute atomic E-state index is 13.9. The van der Waals surface area contributed by atoms with E-state index in [2.05, 4.69) is 15.3 Å². The Labute approximate surface area is 266 Å². The maximum atomic E-state index is 13.9. The molecule has 260 valence electrons. The lowest BCUT2D eigenvalue weighted by atomic mass is 9.95. The quantitative estimate of drug-likeness (QED) is 0.0905. The van der Waals surface area contributed by atoms with Gasteiger partial charge in [0, 0.05) is 53.4 Å².